The normalized spacial score (nSPS) is 27.2. The van der Waals surface area contributed by atoms with Gasteiger partial charge in [0, 0.05) is 25.8 Å². The molecule has 0 spiro atoms. The van der Waals surface area contributed by atoms with Crippen LogP contribution in [0.3, 0.4) is 0 Å². The Morgan fingerprint density at radius 3 is 3.00 bits per heavy atom. The summed E-state index contributed by atoms with van der Waals surface area (Å²) in [5, 5.41) is 17.4. The lowest BCUT2D eigenvalue weighted by Gasteiger charge is -2.19. The molecule has 0 radical (unpaired) electrons. The molecular formula is C12H21N3O. The minimum Gasteiger partial charge on any atom is -0.393 e. The fourth-order valence-corrected chi connectivity index (χ4v) is 2.50. The molecule has 1 aliphatic carbocycles. The molecule has 1 fully saturated rings. The first-order valence-electron chi connectivity index (χ1n) is 6.08. The second-order valence-electron chi connectivity index (χ2n) is 4.77. The first kappa shape index (κ1) is 11.6. The van der Waals surface area contributed by atoms with E-state index in [0.717, 1.165) is 25.8 Å². The van der Waals surface area contributed by atoms with Gasteiger partial charge in [0.05, 0.1) is 11.8 Å². The fraction of sp³-hybridized carbons (Fsp3) is 0.750. The van der Waals surface area contributed by atoms with Crippen molar-refractivity contribution < 1.29 is 5.11 Å². The number of aliphatic hydroxyl groups excluding tert-OH is 1. The lowest BCUT2D eigenvalue weighted by atomic mass is 10.1. The van der Waals surface area contributed by atoms with Gasteiger partial charge in [-0.3, -0.25) is 4.68 Å². The van der Waals surface area contributed by atoms with Gasteiger partial charge in [-0.15, -0.1) is 0 Å². The maximum absolute atomic E-state index is 9.73. The molecular weight excluding hydrogens is 202 g/mol. The predicted octanol–water partition coefficient (Wildman–Crippen LogP) is 1.23. The summed E-state index contributed by atoms with van der Waals surface area (Å²) in [5.41, 5.74) is 1.19. The van der Waals surface area contributed by atoms with Crippen molar-refractivity contribution in [2.45, 2.75) is 38.3 Å². The predicted molar refractivity (Wildman–Crippen MR) is 63.0 cm³/mol. The number of aliphatic hydroxyl groups is 1. The van der Waals surface area contributed by atoms with E-state index < -0.39 is 0 Å². The first-order chi connectivity index (χ1) is 7.68. The van der Waals surface area contributed by atoms with Crippen LogP contribution in [0.25, 0.3) is 0 Å². The van der Waals surface area contributed by atoms with Gasteiger partial charge in [0.25, 0.3) is 0 Å². The number of aromatic nitrogens is 2. The third kappa shape index (κ3) is 2.44. The third-order valence-electron chi connectivity index (χ3n) is 3.61. The van der Waals surface area contributed by atoms with Crippen LogP contribution in [0.4, 0.5) is 0 Å². The fourth-order valence-electron chi connectivity index (χ4n) is 2.50. The summed E-state index contributed by atoms with van der Waals surface area (Å²) in [5.74, 6) is 0.427. The molecule has 0 amide bonds. The van der Waals surface area contributed by atoms with Crippen LogP contribution >= 0.6 is 0 Å². The van der Waals surface area contributed by atoms with Crippen molar-refractivity contribution in [1.82, 2.24) is 15.1 Å². The van der Waals surface area contributed by atoms with Crippen LogP contribution in [-0.2, 0) is 7.05 Å². The number of nitrogens with zero attached hydrogens (tertiary/aromatic N) is 2. The molecule has 0 aromatic carbocycles. The van der Waals surface area contributed by atoms with E-state index in [-0.39, 0.29) is 6.10 Å². The number of hydrogen-bond acceptors (Lipinski definition) is 3. The third-order valence-corrected chi connectivity index (χ3v) is 3.61. The monoisotopic (exact) mass is 223 g/mol. The summed E-state index contributed by atoms with van der Waals surface area (Å²) in [4.78, 5) is 0. The Bertz CT molecular complexity index is 337. The van der Waals surface area contributed by atoms with Crippen LogP contribution in [-0.4, -0.2) is 27.5 Å². The SMILES string of the molecule is CC(NCC1CCCC1O)c1ccnn1C. The molecule has 1 heterocycles. The van der Waals surface area contributed by atoms with E-state index in [0.29, 0.717) is 12.0 Å². The Morgan fingerprint density at radius 2 is 2.44 bits per heavy atom. The van der Waals surface area contributed by atoms with Gasteiger partial charge >= 0.3 is 0 Å². The lowest BCUT2D eigenvalue weighted by molar-refractivity contribution is 0.130. The van der Waals surface area contributed by atoms with E-state index >= 15 is 0 Å². The Morgan fingerprint density at radius 1 is 1.62 bits per heavy atom. The molecule has 2 N–H and O–H groups in total. The van der Waals surface area contributed by atoms with Crippen molar-refractivity contribution in [3.05, 3.63) is 18.0 Å². The van der Waals surface area contributed by atoms with Gasteiger partial charge in [0.2, 0.25) is 0 Å². The molecule has 16 heavy (non-hydrogen) atoms. The Hall–Kier alpha value is -0.870. The van der Waals surface area contributed by atoms with Crippen LogP contribution in [0.15, 0.2) is 12.3 Å². The van der Waals surface area contributed by atoms with Crippen molar-refractivity contribution >= 4 is 0 Å². The second-order valence-corrected chi connectivity index (χ2v) is 4.77. The number of aryl methyl sites for hydroxylation is 1. The van der Waals surface area contributed by atoms with Gasteiger partial charge in [0.15, 0.2) is 0 Å². The molecule has 3 unspecified atom stereocenters. The molecule has 0 saturated heterocycles. The topological polar surface area (TPSA) is 50.1 Å². The number of hydrogen-bond donors (Lipinski definition) is 2. The summed E-state index contributed by atoms with van der Waals surface area (Å²) in [6, 6.07) is 2.32. The van der Waals surface area contributed by atoms with Crippen LogP contribution in [0.2, 0.25) is 0 Å². The van der Waals surface area contributed by atoms with E-state index in [1.807, 2.05) is 24.0 Å². The van der Waals surface area contributed by atoms with Crippen molar-refractivity contribution in [2.75, 3.05) is 6.54 Å². The Kier molecular flexibility index (Phi) is 3.61. The van der Waals surface area contributed by atoms with Gasteiger partial charge in [-0.1, -0.05) is 6.42 Å². The zero-order valence-corrected chi connectivity index (χ0v) is 10.1. The quantitative estimate of drug-likeness (QED) is 0.807. The van der Waals surface area contributed by atoms with Gasteiger partial charge in [-0.25, -0.2) is 0 Å². The molecule has 90 valence electrons. The van der Waals surface area contributed by atoms with Crippen molar-refractivity contribution in [2.24, 2.45) is 13.0 Å². The van der Waals surface area contributed by atoms with Crippen molar-refractivity contribution in [1.29, 1.82) is 0 Å². The zero-order chi connectivity index (χ0) is 11.5. The highest BCUT2D eigenvalue weighted by molar-refractivity contribution is 5.05. The van der Waals surface area contributed by atoms with E-state index in [1.54, 1.807) is 0 Å². The van der Waals surface area contributed by atoms with Gasteiger partial charge in [-0.05, 0) is 31.7 Å². The lowest BCUT2D eigenvalue weighted by Crippen LogP contribution is -2.30. The molecule has 0 bridgehead atoms. The van der Waals surface area contributed by atoms with Crippen LogP contribution in [0.5, 0.6) is 0 Å². The van der Waals surface area contributed by atoms with Crippen molar-refractivity contribution in [3.8, 4) is 0 Å². The largest absolute Gasteiger partial charge is 0.393 e. The standard InChI is InChI=1S/C12H21N3O/c1-9(11-6-7-14-15(11)2)13-8-10-4-3-5-12(10)16/h6-7,9-10,12-13,16H,3-5,8H2,1-2H3. The maximum atomic E-state index is 9.73. The maximum Gasteiger partial charge on any atom is 0.0580 e. The molecule has 1 aromatic rings. The molecule has 4 heteroatoms. The van der Waals surface area contributed by atoms with Crippen LogP contribution in [0, 0.1) is 5.92 Å². The minimum atomic E-state index is -0.105. The molecule has 1 saturated carbocycles. The Balaban J connectivity index is 1.84. The molecule has 3 atom stereocenters. The van der Waals surface area contributed by atoms with Gasteiger partial charge < -0.3 is 10.4 Å². The average Bonchev–Trinajstić information content (AvgIpc) is 2.84. The van der Waals surface area contributed by atoms with Gasteiger partial charge in [-0.2, -0.15) is 5.10 Å². The van der Waals surface area contributed by atoms with Crippen molar-refractivity contribution in [3.63, 3.8) is 0 Å². The number of nitrogens with one attached hydrogen (secondary N) is 1. The highest BCUT2D eigenvalue weighted by Crippen LogP contribution is 2.25. The van der Waals surface area contributed by atoms with Gasteiger partial charge in [0.1, 0.15) is 0 Å². The van der Waals surface area contributed by atoms with E-state index in [1.165, 1.54) is 5.69 Å². The molecule has 1 aromatic heterocycles. The van der Waals surface area contributed by atoms with E-state index in [4.69, 9.17) is 0 Å². The van der Waals surface area contributed by atoms with E-state index in [9.17, 15) is 5.11 Å². The average molecular weight is 223 g/mol. The number of rotatable bonds is 4. The smallest absolute Gasteiger partial charge is 0.0580 e. The summed E-state index contributed by atoms with van der Waals surface area (Å²) in [6.45, 7) is 3.03. The summed E-state index contributed by atoms with van der Waals surface area (Å²) in [7, 11) is 1.96. The highest BCUT2D eigenvalue weighted by Gasteiger charge is 2.25. The Labute approximate surface area is 96.7 Å². The highest BCUT2D eigenvalue weighted by atomic mass is 16.3. The summed E-state index contributed by atoms with van der Waals surface area (Å²) in [6.07, 6.45) is 4.98. The van der Waals surface area contributed by atoms with Crippen LogP contribution in [0.1, 0.15) is 37.9 Å². The molecule has 2 rings (SSSR count). The minimum absolute atomic E-state index is 0.105. The van der Waals surface area contributed by atoms with E-state index in [2.05, 4.69) is 17.3 Å². The zero-order valence-electron chi connectivity index (χ0n) is 10.1. The second kappa shape index (κ2) is 4.97. The first-order valence-corrected chi connectivity index (χ1v) is 6.08. The summed E-state index contributed by atoms with van der Waals surface area (Å²) < 4.78 is 1.89. The molecule has 0 aliphatic heterocycles. The molecule has 4 nitrogen and oxygen atoms in total. The summed E-state index contributed by atoms with van der Waals surface area (Å²) >= 11 is 0. The van der Waals surface area contributed by atoms with Crippen LogP contribution < -0.4 is 5.32 Å². The molecule has 1 aliphatic rings.